The van der Waals surface area contributed by atoms with Gasteiger partial charge in [0.05, 0.1) is 20.1 Å². The highest BCUT2D eigenvalue weighted by atomic mass is 16.5. The van der Waals surface area contributed by atoms with E-state index in [2.05, 4.69) is 0 Å². The highest BCUT2D eigenvalue weighted by Gasteiger charge is 2.22. The van der Waals surface area contributed by atoms with Crippen LogP contribution in [0.2, 0.25) is 0 Å². The summed E-state index contributed by atoms with van der Waals surface area (Å²) in [6.45, 7) is 7.97. The van der Waals surface area contributed by atoms with Gasteiger partial charge in [-0.05, 0) is 24.5 Å². The molecule has 1 aromatic carbocycles. The van der Waals surface area contributed by atoms with E-state index in [9.17, 15) is 4.79 Å². The molecule has 1 amide bonds. The lowest BCUT2D eigenvalue weighted by Crippen LogP contribution is -2.22. The maximum Gasteiger partial charge on any atom is 0.224 e. The summed E-state index contributed by atoms with van der Waals surface area (Å²) in [4.78, 5) is 11.5. The van der Waals surface area contributed by atoms with Gasteiger partial charge in [-0.15, -0.1) is 0 Å². The van der Waals surface area contributed by atoms with Crippen molar-refractivity contribution in [3.8, 4) is 11.5 Å². The molecule has 2 N–H and O–H groups in total. The monoisotopic (exact) mass is 281 g/mol. The molecule has 0 saturated heterocycles. The average Bonchev–Trinajstić information content (AvgIpc) is 2.48. The minimum absolute atomic E-state index is 0.278. The number of primary amides is 1. The van der Waals surface area contributed by atoms with E-state index in [0.717, 1.165) is 17.5 Å². The molecular formula is C16H27NO3. The first-order valence-corrected chi connectivity index (χ1v) is 7.13. The molecule has 4 nitrogen and oxygen atoms in total. The number of rotatable bonds is 6. The van der Waals surface area contributed by atoms with Crippen LogP contribution in [0.5, 0.6) is 11.5 Å². The smallest absolute Gasteiger partial charge is 0.224 e. The van der Waals surface area contributed by atoms with Gasteiger partial charge in [-0.2, -0.15) is 0 Å². The van der Waals surface area contributed by atoms with Gasteiger partial charge in [0.2, 0.25) is 5.91 Å². The molecule has 0 aromatic heterocycles. The normalized spacial score (nSPS) is 11.1. The molecule has 1 rings (SSSR count). The van der Waals surface area contributed by atoms with Gasteiger partial charge in [-0.25, -0.2) is 0 Å². The molecule has 0 aliphatic carbocycles. The summed E-state index contributed by atoms with van der Waals surface area (Å²) in [5.74, 6) is 0.786. The number of hydrogen-bond acceptors (Lipinski definition) is 3. The van der Waals surface area contributed by atoms with Crippen LogP contribution in [0.1, 0.15) is 51.2 Å². The Morgan fingerprint density at radius 1 is 1.20 bits per heavy atom. The van der Waals surface area contributed by atoms with Crippen LogP contribution in [0.3, 0.4) is 0 Å². The summed E-state index contributed by atoms with van der Waals surface area (Å²) in [5.41, 5.74) is 7.38. The third-order valence-electron chi connectivity index (χ3n) is 3.17. The van der Waals surface area contributed by atoms with Gasteiger partial charge in [0.15, 0.2) is 11.5 Å². The highest BCUT2D eigenvalue weighted by molar-refractivity contribution is 5.82. The van der Waals surface area contributed by atoms with Crippen molar-refractivity contribution in [1.29, 1.82) is 0 Å². The molecule has 0 aliphatic heterocycles. The molecule has 0 aliphatic rings. The predicted molar refractivity (Wildman–Crippen MR) is 82.5 cm³/mol. The van der Waals surface area contributed by atoms with Crippen molar-refractivity contribution in [2.75, 3.05) is 14.2 Å². The van der Waals surface area contributed by atoms with Gasteiger partial charge in [0.1, 0.15) is 0 Å². The third kappa shape index (κ3) is 3.89. The van der Waals surface area contributed by atoms with Crippen LogP contribution in [0.25, 0.3) is 0 Å². The zero-order valence-corrected chi connectivity index (χ0v) is 13.4. The average molecular weight is 281 g/mol. The van der Waals surface area contributed by atoms with Crippen LogP contribution in [-0.4, -0.2) is 20.1 Å². The molecule has 1 atom stereocenters. The standard InChI is InChI=1S/C14H21NO3.C2H6/c1-5-9-11(10(6-2)14(15)16)7-8-12(17-3)13(9)18-4;1-2/h7-8,10H,5-6H2,1-4H3,(H2,15,16);1-2H3. The van der Waals surface area contributed by atoms with Crippen molar-refractivity contribution < 1.29 is 14.3 Å². The molecule has 0 radical (unpaired) electrons. The molecule has 0 saturated carbocycles. The van der Waals surface area contributed by atoms with Gasteiger partial charge < -0.3 is 15.2 Å². The van der Waals surface area contributed by atoms with E-state index in [1.807, 2.05) is 39.8 Å². The van der Waals surface area contributed by atoms with E-state index < -0.39 is 0 Å². The topological polar surface area (TPSA) is 61.6 Å². The Hall–Kier alpha value is -1.71. The lowest BCUT2D eigenvalue weighted by atomic mass is 9.89. The number of carbonyl (C=O) groups is 1. The molecular weight excluding hydrogens is 254 g/mol. The van der Waals surface area contributed by atoms with Crippen LogP contribution in [-0.2, 0) is 11.2 Å². The molecule has 0 spiro atoms. The number of methoxy groups -OCH3 is 2. The first-order chi connectivity index (χ1) is 9.60. The molecule has 114 valence electrons. The van der Waals surface area contributed by atoms with Gasteiger partial charge >= 0.3 is 0 Å². The summed E-state index contributed by atoms with van der Waals surface area (Å²) in [6.07, 6.45) is 1.44. The summed E-state index contributed by atoms with van der Waals surface area (Å²) in [7, 11) is 3.20. The van der Waals surface area contributed by atoms with Gasteiger partial charge in [-0.1, -0.05) is 33.8 Å². The van der Waals surface area contributed by atoms with Crippen LogP contribution >= 0.6 is 0 Å². The first kappa shape index (κ1) is 18.3. The van der Waals surface area contributed by atoms with E-state index in [1.54, 1.807) is 14.2 Å². The third-order valence-corrected chi connectivity index (χ3v) is 3.17. The number of carbonyl (C=O) groups excluding carboxylic acids is 1. The second-order valence-corrected chi connectivity index (χ2v) is 4.09. The van der Waals surface area contributed by atoms with Crippen molar-refractivity contribution in [2.24, 2.45) is 5.73 Å². The zero-order chi connectivity index (χ0) is 15.7. The molecule has 0 heterocycles. The van der Waals surface area contributed by atoms with E-state index in [-0.39, 0.29) is 11.8 Å². The predicted octanol–water partition coefficient (Wildman–Crippen LogP) is 3.27. The number of benzene rings is 1. The fraction of sp³-hybridized carbons (Fsp3) is 0.562. The fourth-order valence-corrected chi connectivity index (χ4v) is 2.27. The van der Waals surface area contributed by atoms with Crippen molar-refractivity contribution >= 4 is 5.91 Å². The SMILES string of the molecule is CC.CCc1c(C(CC)C(N)=O)ccc(OC)c1OC. The lowest BCUT2D eigenvalue weighted by molar-refractivity contribution is -0.119. The molecule has 20 heavy (non-hydrogen) atoms. The molecule has 4 heteroatoms. The Labute approximate surface area is 122 Å². The molecule has 0 bridgehead atoms. The quantitative estimate of drug-likeness (QED) is 0.870. The lowest BCUT2D eigenvalue weighted by Gasteiger charge is -2.20. The summed E-state index contributed by atoms with van der Waals surface area (Å²) >= 11 is 0. The minimum atomic E-state index is -0.306. The Morgan fingerprint density at radius 3 is 2.15 bits per heavy atom. The Morgan fingerprint density at radius 2 is 1.80 bits per heavy atom. The van der Waals surface area contributed by atoms with Gasteiger partial charge in [-0.3, -0.25) is 4.79 Å². The number of ether oxygens (including phenoxy) is 2. The fourth-order valence-electron chi connectivity index (χ4n) is 2.27. The first-order valence-electron chi connectivity index (χ1n) is 7.13. The second-order valence-electron chi connectivity index (χ2n) is 4.09. The van der Waals surface area contributed by atoms with Gasteiger partial charge in [0.25, 0.3) is 0 Å². The van der Waals surface area contributed by atoms with Crippen molar-refractivity contribution in [3.05, 3.63) is 23.3 Å². The molecule has 1 unspecified atom stereocenters. The van der Waals surface area contributed by atoms with Crippen molar-refractivity contribution in [3.63, 3.8) is 0 Å². The molecule has 0 fully saturated rings. The van der Waals surface area contributed by atoms with Crippen LogP contribution in [0, 0.1) is 0 Å². The molecule has 1 aromatic rings. The summed E-state index contributed by atoms with van der Waals surface area (Å²) in [5, 5.41) is 0. The summed E-state index contributed by atoms with van der Waals surface area (Å²) < 4.78 is 10.7. The summed E-state index contributed by atoms with van der Waals surface area (Å²) in [6, 6.07) is 3.72. The van der Waals surface area contributed by atoms with Crippen molar-refractivity contribution in [2.45, 2.75) is 46.5 Å². The largest absolute Gasteiger partial charge is 0.493 e. The van der Waals surface area contributed by atoms with Crippen LogP contribution in [0.15, 0.2) is 12.1 Å². The van der Waals surface area contributed by atoms with E-state index >= 15 is 0 Å². The Balaban J connectivity index is 0.00000172. The number of amides is 1. The zero-order valence-electron chi connectivity index (χ0n) is 13.4. The Kier molecular flexibility index (Phi) is 8.45. The Bertz CT molecular complexity index is 430. The van der Waals surface area contributed by atoms with Crippen LogP contribution < -0.4 is 15.2 Å². The van der Waals surface area contributed by atoms with E-state index in [0.29, 0.717) is 17.9 Å². The number of hydrogen-bond donors (Lipinski definition) is 1. The van der Waals surface area contributed by atoms with Gasteiger partial charge in [0, 0.05) is 5.56 Å². The van der Waals surface area contributed by atoms with E-state index in [1.165, 1.54) is 0 Å². The second kappa shape index (κ2) is 9.23. The number of nitrogens with two attached hydrogens (primary N) is 1. The van der Waals surface area contributed by atoms with Crippen molar-refractivity contribution in [1.82, 2.24) is 0 Å². The minimum Gasteiger partial charge on any atom is -0.493 e. The van der Waals surface area contributed by atoms with E-state index in [4.69, 9.17) is 15.2 Å². The maximum atomic E-state index is 11.5. The maximum absolute atomic E-state index is 11.5. The highest BCUT2D eigenvalue weighted by Crippen LogP contribution is 2.37. The van der Waals surface area contributed by atoms with Crippen LogP contribution in [0.4, 0.5) is 0 Å².